The van der Waals surface area contributed by atoms with E-state index in [1.807, 2.05) is 44.2 Å². The molecule has 1 N–H and O–H groups in total. The average molecular weight is 337 g/mol. The number of rotatable bonds is 9. The van der Waals surface area contributed by atoms with Crippen LogP contribution in [0.5, 0.6) is 0 Å². The summed E-state index contributed by atoms with van der Waals surface area (Å²) in [6.45, 7) is 6.31. The minimum absolute atomic E-state index is 0.00268. The molecule has 0 fully saturated rings. The Morgan fingerprint density at radius 1 is 0.880 bits per heavy atom. The van der Waals surface area contributed by atoms with E-state index in [1.54, 1.807) is 0 Å². The monoisotopic (exact) mass is 337 g/mol. The van der Waals surface area contributed by atoms with Crippen molar-refractivity contribution < 1.29 is 9.59 Å². The molecule has 2 aromatic carbocycles. The highest BCUT2D eigenvalue weighted by Crippen LogP contribution is 2.26. The van der Waals surface area contributed by atoms with Crippen LogP contribution in [0.4, 0.5) is 0 Å². The Balaban J connectivity index is 2.29. The second kappa shape index (κ2) is 9.28. The highest BCUT2D eigenvalue weighted by Gasteiger charge is 2.33. The number of carbonyl (C=O) groups is 2. The molecule has 1 atom stereocenters. The topological polar surface area (TPSA) is 46.2 Å². The number of benzene rings is 2. The maximum atomic E-state index is 12.5. The van der Waals surface area contributed by atoms with Crippen molar-refractivity contribution >= 4 is 11.6 Å². The van der Waals surface area contributed by atoms with Crippen LogP contribution in [0.25, 0.3) is 0 Å². The summed E-state index contributed by atoms with van der Waals surface area (Å²) >= 11 is 0. The molecule has 0 aromatic heterocycles. The third kappa shape index (κ3) is 5.10. The number of aryl methyl sites for hydroxylation is 1. The molecule has 3 heteroatoms. The van der Waals surface area contributed by atoms with Crippen LogP contribution in [0.1, 0.15) is 49.4 Å². The molecule has 2 aromatic rings. The Hall–Kier alpha value is -2.26. The molecule has 0 amide bonds. The number of ketones is 2. The number of Topliss-reactive ketones (excluding diaryl/α,β-unsaturated/α-hetero) is 2. The summed E-state index contributed by atoms with van der Waals surface area (Å²) < 4.78 is 0. The van der Waals surface area contributed by atoms with Gasteiger partial charge in [-0.1, -0.05) is 74.0 Å². The lowest BCUT2D eigenvalue weighted by Crippen LogP contribution is -2.37. The van der Waals surface area contributed by atoms with E-state index in [2.05, 4.69) is 36.5 Å². The van der Waals surface area contributed by atoms with Crippen LogP contribution in [0.15, 0.2) is 54.6 Å². The Morgan fingerprint density at radius 2 is 1.44 bits per heavy atom. The van der Waals surface area contributed by atoms with Gasteiger partial charge in [-0.15, -0.1) is 0 Å². The van der Waals surface area contributed by atoms with Crippen molar-refractivity contribution in [3.05, 3.63) is 71.3 Å². The van der Waals surface area contributed by atoms with E-state index in [0.29, 0.717) is 19.4 Å². The van der Waals surface area contributed by atoms with E-state index in [9.17, 15) is 9.59 Å². The molecule has 1 unspecified atom stereocenters. The van der Waals surface area contributed by atoms with Crippen LogP contribution in [0.2, 0.25) is 0 Å². The zero-order valence-electron chi connectivity index (χ0n) is 15.3. The molecule has 2 rings (SSSR count). The van der Waals surface area contributed by atoms with E-state index in [1.165, 1.54) is 5.56 Å². The van der Waals surface area contributed by atoms with Gasteiger partial charge >= 0.3 is 0 Å². The van der Waals surface area contributed by atoms with Crippen LogP contribution in [-0.2, 0) is 16.1 Å². The lowest BCUT2D eigenvalue weighted by molar-refractivity contribution is -0.133. The second-order valence-corrected chi connectivity index (χ2v) is 6.37. The third-order valence-electron chi connectivity index (χ3n) is 4.53. The lowest BCUT2D eigenvalue weighted by Gasteiger charge is -2.26. The molecular weight excluding hydrogens is 310 g/mol. The maximum absolute atomic E-state index is 12.5. The van der Waals surface area contributed by atoms with E-state index in [-0.39, 0.29) is 17.6 Å². The van der Waals surface area contributed by atoms with Gasteiger partial charge in [0, 0.05) is 25.4 Å². The summed E-state index contributed by atoms with van der Waals surface area (Å²) in [6, 6.07) is 17.8. The minimum atomic E-state index is -0.636. The van der Waals surface area contributed by atoms with Crippen LogP contribution >= 0.6 is 0 Å². The van der Waals surface area contributed by atoms with E-state index in [4.69, 9.17) is 0 Å². The Kier molecular flexibility index (Phi) is 7.08. The summed E-state index contributed by atoms with van der Waals surface area (Å²) in [7, 11) is 0. The molecule has 0 saturated carbocycles. The number of hydrogen-bond acceptors (Lipinski definition) is 3. The standard InChI is InChI=1S/C22H27NO2/c1-4-19(24)21(20(25)5-2)22(18-9-7-6-8-10-18)23-15-17-13-11-16(3)12-14-17/h6-14,21-23H,4-5,15H2,1-3H3. The molecule has 0 aliphatic heterocycles. The molecule has 0 spiro atoms. The normalized spacial score (nSPS) is 12.2. The van der Waals surface area contributed by atoms with Crippen LogP contribution < -0.4 is 5.32 Å². The molecule has 0 saturated heterocycles. The zero-order valence-corrected chi connectivity index (χ0v) is 15.3. The predicted molar refractivity (Wildman–Crippen MR) is 101 cm³/mol. The summed E-state index contributed by atoms with van der Waals surface area (Å²) in [5.41, 5.74) is 3.32. The molecule has 0 aliphatic carbocycles. The molecule has 0 bridgehead atoms. The minimum Gasteiger partial charge on any atom is -0.305 e. The second-order valence-electron chi connectivity index (χ2n) is 6.37. The van der Waals surface area contributed by atoms with Gasteiger partial charge < -0.3 is 5.32 Å². The van der Waals surface area contributed by atoms with Gasteiger partial charge in [0.25, 0.3) is 0 Å². The first-order valence-corrected chi connectivity index (χ1v) is 8.96. The molecule has 132 valence electrons. The number of hydrogen-bond donors (Lipinski definition) is 1. The van der Waals surface area contributed by atoms with E-state index >= 15 is 0 Å². The molecular formula is C22H27NO2. The fourth-order valence-corrected chi connectivity index (χ4v) is 3.01. The summed E-state index contributed by atoms with van der Waals surface area (Å²) in [5, 5.41) is 3.46. The Morgan fingerprint density at radius 3 is 1.96 bits per heavy atom. The van der Waals surface area contributed by atoms with Gasteiger partial charge in [0.05, 0.1) is 5.92 Å². The van der Waals surface area contributed by atoms with Crippen molar-refractivity contribution in [3.63, 3.8) is 0 Å². The van der Waals surface area contributed by atoms with E-state index in [0.717, 1.165) is 11.1 Å². The molecule has 0 aliphatic rings. The SMILES string of the molecule is CCC(=O)C(C(=O)CC)C(NCc1ccc(C)cc1)c1ccccc1. The van der Waals surface area contributed by atoms with Crippen molar-refractivity contribution in [2.24, 2.45) is 5.92 Å². The van der Waals surface area contributed by atoms with Gasteiger partial charge in [0.15, 0.2) is 0 Å². The Bertz CT molecular complexity index is 676. The fourth-order valence-electron chi connectivity index (χ4n) is 3.01. The quantitative estimate of drug-likeness (QED) is 0.690. The van der Waals surface area contributed by atoms with Crippen molar-refractivity contribution in [1.82, 2.24) is 5.32 Å². The number of carbonyl (C=O) groups excluding carboxylic acids is 2. The van der Waals surface area contributed by atoms with Crippen LogP contribution in [-0.4, -0.2) is 11.6 Å². The van der Waals surface area contributed by atoms with Gasteiger partial charge in [-0.3, -0.25) is 9.59 Å². The lowest BCUT2D eigenvalue weighted by atomic mass is 9.84. The highest BCUT2D eigenvalue weighted by atomic mass is 16.1. The molecule has 25 heavy (non-hydrogen) atoms. The van der Waals surface area contributed by atoms with Crippen molar-refractivity contribution in [1.29, 1.82) is 0 Å². The fraction of sp³-hybridized carbons (Fsp3) is 0.364. The largest absolute Gasteiger partial charge is 0.305 e. The molecule has 3 nitrogen and oxygen atoms in total. The zero-order chi connectivity index (χ0) is 18.2. The third-order valence-corrected chi connectivity index (χ3v) is 4.53. The smallest absolute Gasteiger partial charge is 0.144 e. The Labute approximate surface area is 150 Å². The first kappa shape index (κ1) is 19.1. The van der Waals surface area contributed by atoms with Gasteiger partial charge in [-0.2, -0.15) is 0 Å². The number of nitrogens with one attached hydrogen (secondary N) is 1. The first-order chi connectivity index (χ1) is 12.1. The van der Waals surface area contributed by atoms with Crippen molar-refractivity contribution in [2.45, 2.75) is 46.2 Å². The summed E-state index contributed by atoms with van der Waals surface area (Å²) in [5.74, 6) is -0.642. The van der Waals surface area contributed by atoms with Gasteiger partial charge in [0.2, 0.25) is 0 Å². The summed E-state index contributed by atoms with van der Waals surface area (Å²) in [6.07, 6.45) is 0.734. The maximum Gasteiger partial charge on any atom is 0.144 e. The van der Waals surface area contributed by atoms with Gasteiger partial charge in [-0.25, -0.2) is 0 Å². The predicted octanol–water partition coefficient (Wildman–Crippen LogP) is 4.40. The average Bonchev–Trinajstić information content (AvgIpc) is 2.66. The van der Waals surface area contributed by atoms with Crippen LogP contribution in [0, 0.1) is 12.8 Å². The highest BCUT2D eigenvalue weighted by molar-refractivity contribution is 6.03. The first-order valence-electron chi connectivity index (χ1n) is 8.96. The van der Waals surface area contributed by atoms with Gasteiger partial charge in [-0.05, 0) is 18.1 Å². The van der Waals surface area contributed by atoms with Crippen molar-refractivity contribution in [3.8, 4) is 0 Å². The van der Waals surface area contributed by atoms with Crippen molar-refractivity contribution in [2.75, 3.05) is 0 Å². The van der Waals surface area contributed by atoms with Gasteiger partial charge in [0.1, 0.15) is 11.6 Å². The van der Waals surface area contributed by atoms with Crippen LogP contribution in [0.3, 0.4) is 0 Å². The summed E-state index contributed by atoms with van der Waals surface area (Å²) in [4.78, 5) is 25.0. The van der Waals surface area contributed by atoms with E-state index < -0.39 is 5.92 Å². The molecule has 0 radical (unpaired) electrons. The molecule has 0 heterocycles.